The molecule has 1 atom stereocenters. The molecule has 150 valence electrons. The number of amides is 3. The highest BCUT2D eigenvalue weighted by Crippen LogP contribution is 2.42. The fourth-order valence-electron chi connectivity index (χ4n) is 3.08. The van der Waals surface area contributed by atoms with E-state index in [0.29, 0.717) is 5.03 Å². The number of aromatic nitrogens is 2. The molecule has 0 unspecified atom stereocenters. The van der Waals surface area contributed by atoms with Crippen molar-refractivity contribution in [3.63, 3.8) is 0 Å². The number of nitrogens with zero attached hydrogens (tertiary/aromatic N) is 2. The predicted octanol–water partition coefficient (Wildman–Crippen LogP) is 4.70. The number of carbonyl (C=O) groups excluding carboxylic acids is 2. The third-order valence-electron chi connectivity index (χ3n) is 4.51. The minimum Gasteiger partial charge on any atom is -0.351 e. The number of thioether (sulfide) groups is 1. The first kappa shape index (κ1) is 20.1. The summed E-state index contributed by atoms with van der Waals surface area (Å²) >= 11 is 2.80. The average Bonchev–Trinajstić information content (AvgIpc) is 3.17. The number of primary amides is 1. The van der Waals surface area contributed by atoms with Crippen LogP contribution in [0.2, 0.25) is 0 Å². The van der Waals surface area contributed by atoms with E-state index in [-0.39, 0.29) is 0 Å². The largest absolute Gasteiger partial charge is 0.351 e. The molecule has 2 aromatic heterocycles. The van der Waals surface area contributed by atoms with Gasteiger partial charge in [-0.05, 0) is 18.1 Å². The molecule has 0 radical (unpaired) electrons. The maximum atomic E-state index is 12.8. The van der Waals surface area contributed by atoms with Gasteiger partial charge in [-0.2, -0.15) is 0 Å². The number of imide groups is 1. The first-order valence-corrected chi connectivity index (χ1v) is 10.9. The molecule has 0 aliphatic rings. The Morgan fingerprint density at radius 2 is 1.80 bits per heavy atom. The van der Waals surface area contributed by atoms with Crippen molar-refractivity contribution in [2.45, 2.75) is 17.2 Å². The monoisotopic (exact) mass is 434 g/mol. The van der Waals surface area contributed by atoms with Crippen molar-refractivity contribution < 1.29 is 9.59 Å². The Hall–Kier alpha value is -3.23. The van der Waals surface area contributed by atoms with E-state index in [9.17, 15) is 9.59 Å². The summed E-state index contributed by atoms with van der Waals surface area (Å²) < 4.78 is 0. The molecule has 0 saturated carbocycles. The van der Waals surface area contributed by atoms with E-state index in [1.807, 2.05) is 37.3 Å². The lowest BCUT2D eigenvalue weighted by molar-refractivity contribution is -0.119. The highest BCUT2D eigenvalue weighted by molar-refractivity contribution is 8.00. The summed E-state index contributed by atoms with van der Waals surface area (Å²) in [4.78, 5) is 33.8. The number of hydrogen-bond donors (Lipinski definition) is 2. The van der Waals surface area contributed by atoms with Gasteiger partial charge >= 0.3 is 6.03 Å². The Labute approximate surface area is 181 Å². The standard InChI is InChI=1S/C22H18N4O2S2/c1-13-7-9-14(10-8-13)16-11-29-20-17(16)21(25-12-24-20)30-18(19(27)26-22(23)28)15-5-3-2-4-6-15/h2-12,18H,1H3,(H3,23,26,27,28)/t18-/m0/s1. The van der Waals surface area contributed by atoms with Crippen LogP contribution in [0.3, 0.4) is 0 Å². The number of thiophene rings is 1. The van der Waals surface area contributed by atoms with Crippen LogP contribution in [-0.4, -0.2) is 21.9 Å². The number of urea groups is 1. The molecule has 0 aliphatic heterocycles. The Kier molecular flexibility index (Phi) is 5.78. The quantitative estimate of drug-likeness (QED) is 0.351. The van der Waals surface area contributed by atoms with Gasteiger partial charge in [-0.3, -0.25) is 10.1 Å². The zero-order chi connectivity index (χ0) is 21.1. The van der Waals surface area contributed by atoms with E-state index in [0.717, 1.165) is 26.9 Å². The lowest BCUT2D eigenvalue weighted by Gasteiger charge is -2.16. The molecule has 3 amide bonds. The Morgan fingerprint density at radius 3 is 2.50 bits per heavy atom. The topological polar surface area (TPSA) is 98.0 Å². The lowest BCUT2D eigenvalue weighted by Crippen LogP contribution is -2.37. The number of fused-ring (bicyclic) bond motifs is 1. The first-order chi connectivity index (χ1) is 14.5. The van der Waals surface area contributed by atoms with E-state index in [1.54, 1.807) is 0 Å². The van der Waals surface area contributed by atoms with Crippen LogP contribution in [0.5, 0.6) is 0 Å². The Balaban J connectivity index is 1.79. The van der Waals surface area contributed by atoms with Crippen LogP contribution in [0.1, 0.15) is 16.4 Å². The van der Waals surface area contributed by atoms with Crippen molar-refractivity contribution in [3.8, 4) is 11.1 Å². The molecule has 0 bridgehead atoms. The predicted molar refractivity (Wildman–Crippen MR) is 120 cm³/mol. The van der Waals surface area contributed by atoms with Crippen LogP contribution < -0.4 is 11.1 Å². The summed E-state index contributed by atoms with van der Waals surface area (Å²) in [6, 6.07) is 16.6. The van der Waals surface area contributed by atoms with Crippen molar-refractivity contribution >= 4 is 45.3 Å². The summed E-state index contributed by atoms with van der Waals surface area (Å²) in [5.74, 6) is -0.488. The van der Waals surface area contributed by atoms with Gasteiger partial charge in [-0.1, -0.05) is 71.9 Å². The van der Waals surface area contributed by atoms with Gasteiger partial charge in [0.1, 0.15) is 21.4 Å². The van der Waals surface area contributed by atoms with Crippen LogP contribution in [0.15, 0.2) is 71.3 Å². The smallest absolute Gasteiger partial charge is 0.318 e. The molecule has 0 fully saturated rings. The number of benzene rings is 2. The summed E-state index contributed by atoms with van der Waals surface area (Å²) in [6.07, 6.45) is 1.49. The fourth-order valence-corrected chi connectivity index (χ4v) is 5.18. The number of aryl methyl sites for hydroxylation is 1. The number of nitrogens with two attached hydrogens (primary N) is 1. The molecule has 2 heterocycles. The molecule has 4 rings (SSSR count). The minimum absolute atomic E-state index is 0.488. The van der Waals surface area contributed by atoms with E-state index in [1.165, 1.54) is 35.0 Å². The summed E-state index contributed by atoms with van der Waals surface area (Å²) in [7, 11) is 0. The summed E-state index contributed by atoms with van der Waals surface area (Å²) in [5, 5.41) is 5.12. The van der Waals surface area contributed by atoms with Crippen molar-refractivity contribution in [1.29, 1.82) is 0 Å². The first-order valence-electron chi connectivity index (χ1n) is 9.14. The van der Waals surface area contributed by atoms with Crippen molar-refractivity contribution in [3.05, 3.63) is 77.4 Å². The number of carbonyl (C=O) groups is 2. The second-order valence-electron chi connectivity index (χ2n) is 6.64. The van der Waals surface area contributed by atoms with Crippen LogP contribution >= 0.6 is 23.1 Å². The molecule has 30 heavy (non-hydrogen) atoms. The lowest BCUT2D eigenvalue weighted by atomic mass is 10.1. The maximum Gasteiger partial charge on any atom is 0.318 e. The third-order valence-corrected chi connectivity index (χ3v) is 6.66. The zero-order valence-electron chi connectivity index (χ0n) is 16.0. The summed E-state index contributed by atoms with van der Waals surface area (Å²) in [6.45, 7) is 2.04. The number of nitrogens with one attached hydrogen (secondary N) is 1. The van der Waals surface area contributed by atoms with Gasteiger partial charge in [-0.25, -0.2) is 14.8 Å². The minimum atomic E-state index is -0.884. The average molecular weight is 435 g/mol. The van der Waals surface area contributed by atoms with Crippen LogP contribution in [0.4, 0.5) is 4.79 Å². The Morgan fingerprint density at radius 1 is 1.07 bits per heavy atom. The molecule has 3 N–H and O–H groups in total. The summed E-state index contributed by atoms with van der Waals surface area (Å²) in [5.41, 5.74) is 9.18. The highest BCUT2D eigenvalue weighted by atomic mass is 32.2. The third kappa shape index (κ3) is 4.19. The van der Waals surface area contributed by atoms with Crippen molar-refractivity contribution in [2.75, 3.05) is 0 Å². The molecular weight excluding hydrogens is 416 g/mol. The number of rotatable bonds is 5. The van der Waals surface area contributed by atoms with Gasteiger partial charge in [0.15, 0.2) is 0 Å². The van der Waals surface area contributed by atoms with Crippen LogP contribution in [-0.2, 0) is 4.79 Å². The maximum absolute atomic E-state index is 12.8. The van der Waals surface area contributed by atoms with Gasteiger partial charge in [0.05, 0.1) is 5.39 Å². The van der Waals surface area contributed by atoms with Crippen LogP contribution in [0.25, 0.3) is 21.3 Å². The molecule has 8 heteroatoms. The highest BCUT2D eigenvalue weighted by Gasteiger charge is 2.26. The van der Waals surface area contributed by atoms with Gasteiger partial charge < -0.3 is 5.73 Å². The normalized spacial score (nSPS) is 11.9. The van der Waals surface area contributed by atoms with Crippen molar-refractivity contribution in [2.24, 2.45) is 5.73 Å². The second-order valence-corrected chi connectivity index (χ2v) is 8.59. The molecular formula is C22H18N4O2S2. The van der Waals surface area contributed by atoms with Gasteiger partial charge in [-0.15, -0.1) is 11.3 Å². The van der Waals surface area contributed by atoms with E-state index in [2.05, 4.69) is 44.9 Å². The zero-order valence-corrected chi connectivity index (χ0v) is 17.7. The fraction of sp³-hybridized carbons (Fsp3) is 0.0909. The molecule has 0 spiro atoms. The second kappa shape index (κ2) is 8.64. The molecule has 2 aromatic carbocycles. The SMILES string of the molecule is Cc1ccc(-c2csc3ncnc(S[C@H](C(=O)NC(N)=O)c4ccccc4)c23)cc1. The van der Waals surface area contributed by atoms with E-state index >= 15 is 0 Å². The van der Waals surface area contributed by atoms with E-state index in [4.69, 9.17) is 5.73 Å². The van der Waals surface area contributed by atoms with E-state index < -0.39 is 17.2 Å². The van der Waals surface area contributed by atoms with Crippen LogP contribution in [0, 0.1) is 6.92 Å². The van der Waals surface area contributed by atoms with Crippen molar-refractivity contribution in [1.82, 2.24) is 15.3 Å². The molecule has 0 saturated heterocycles. The van der Waals surface area contributed by atoms with Gasteiger partial charge in [0.2, 0.25) is 5.91 Å². The van der Waals surface area contributed by atoms with Gasteiger partial charge in [0.25, 0.3) is 0 Å². The number of hydrogen-bond acceptors (Lipinski definition) is 6. The van der Waals surface area contributed by atoms with Gasteiger partial charge in [0, 0.05) is 10.9 Å². The molecule has 6 nitrogen and oxygen atoms in total. The molecule has 0 aliphatic carbocycles. The molecule has 4 aromatic rings. The Bertz CT molecular complexity index is 1210.